The van der Waals surface area contributed by atoms with Crippen molar-refractivity contribution < 1.29 is 4.79 Å². The highest BCUT2D eigenvalue weighted by Gasteiger charge is 2.39. The lowest BCUT2D eigenvalue weighted by atomic mass is 9.63. The van der Waals surface area contributed by atoms with Gasteiger partial charge in [0.25, 0.3) is 0 Å². The number of imidazole rings is 1. The third-order valence-electron chi connectivity index (χ3n) is 7.71. The van der Waals surface area contributed by atoms with Crippen molar-refractivity contribution in [1.29, 1.82) is 0 Å². The fourth-order valence-electron chi connectivity index (χ4n) is 5.75. The third-order valence-corrected chi connectivity index (χ3v) is 7.71. The SMILES string of the molecule is O=C(c1ccc2ccccc2c1)C1CCC(Cc2cnc[nH]2)(c2ccc3c(c2)C=NC=CN3)CC1. The van der Waals surface area contributed by atoms with E-state index in [-0.39, 0.29) is 17.1 Å². The summed E-state index contributed by atoms with van der Waals surface area (Å²) in [7, 11) is 0. The molecule has 1 aromatic heterocycles. The van der Waals surface area contributed by atoms with Gasteiger partial charge in [0.2, 0.25) is 0 Å². The topological polar surface area (TPSA) is 70.1 Å². The number of rotatable bonds is 5. The van der Waals surface area contributed by atoms with Gasteiger partial charge in [-0.3, -0.25) is 9.79 Å². The van der Waals surface area contributed by atoms with Crippen LogP contribution < -0.4 is 5.32 Å². The molecule has 0 amide bonds. The summed E-state index contributed by atoms with van der Waals surface area (Å²) in [6.07, 6.45) is 13.8. The lowest BCUT2D eigenvalue weighted by molar-refractivity contribution is 0.0858. The molecule has 0 unspecified atom stereocenters. The number of benzene rings is 3. The lowest BCUT2D eigenvalue weighted by Crippen LogP contribution is -2.36. The Balaban J connectivity index is 1.28. The van der Waals surface area contributed by atoms with E-state index in [0.717, 1.165) is 60.0 Å². The Bertz CT molecular complexity index is 1430. The normalized spacial score (nSPS) is 21.3. The smallest absolute Gasteiger partial charge is 0.165 e. The number of carbonyl (C=O) groups excluding carboxylic acids is 1. The maximum atomic E-state index is 13.5. The second-order valence-corrected chi connectivity index (χ2v) is 9.77. The number of nitrogens with zero attached hydrogens (tertiary/aromatic N) is 2. The Morgan fingerprint density at radius 2 is 1.86 bits per heavy atom. The van der Waals surface area contributed by atoms with Crippen LogP contribution in [0, 0.1) is 5.92 Å². The van der Waals surface area contributed by atoms with Gasteiger partial charge in [0.15, 0.2) is 5.78 Å². The maximum Gasteiger partial charge on any atom is 0.165 e. The number of carbonyl (C=O) groups is 1. The molecule has 0 spiro atoms. The molecule has 35 heavy (non-hydrogen) atoms. The molecule has 5 nitrogen and oxygen atoms in total. The first-order valence-corrected chi connectivity index (χ1v) is 12.3. The van der Waals surface area contributed by atoms with Gasteiger partial charge in [-0.2, -0.15) is 0 Å². The Hall–Kier alpha value is -3.99. The van der Waals surface area contributed by atoms with Crippen molar-refractivity contribution in [2.75, 3.05) is 5.32 Å². The Labute approximate surface area is 205 Å². The van der Waals surface area contributed by atoms with Gasteiger partial charge in [0, 0.05) is 58.7 Å². The van der Waals surface area contributed by atoms with Crippen molar-refractivity contribution >= 4 is 28.5 Å². The van der Waals surface area contributed by atoms with Crippen LogP contribution in [0.25, 0.3) is 10.8 Å². The van der Waals surface area contributed by atoms with E-state index >= 15 is 0 Å². The molecule has 0 saturated heterocycles. The molecule has 5 heteroatoms. The number of hydrogen-bond donors (Lipinski definition) is 2. The number of Topliss-reactive ketones (excluding diaryl/α,β-unsaturated/α-hetero) is 1. The van der Waals surface area contributed by atoms with Gasteiger partial charge in [-0.15, -0.1) is 0 Å². The predicted molar refractivity (Wildman–Crippen MR) is 141 cm³/mol. The Morgan fingerprint density at radius 3 is 2.69 bits per heavy atom. The second-order valence-electron chi connectivity index (χ2n) is 9.77. The van der Waals surface area contributed by atoms with Crippen molar-refractivity contribution in [1.82, 2.24) is 9.97 Å². The minimum absolute atomic E-state index is 0.0463. The molecule has 3 aromatic carbocycles. The molecule has 1 saturated carbocycles. The number of aromatic amines is 1. The summed E-state index contributed by atoms with van der Waals surface area (Å²) in [5.41, 5.74) is 5.36. The summed E-state index contributed by atoms with van der Waals surface area (Å²) in [6, 6.07) is 21.0. The number of aliphatic imine (C=N–C) groups is 1. The number of hydrogen-bond acceptors (Lipinski definition) is 4. The first kappa shape index (κ1) is 21.5. The molecule has 2 N–H and O–H groups in total. The van der Waals surface area contributed by atoms with Gasteiger partial charge >= 0.3 is 0 Å². The highest BCUT2D eigenvalue weighted by Crippen LogP contribution is 2.45. The Morgan fingerprint density at radius 1 is 1.00 bits per heavy atom. The van der Waals surface area contributed by atoms with Crippen molar-refractivity contribution in [3.63, 3.8) is 0 Å². The standard InChI is InChI=1S/C30H28N4O/c35-29(24-6-5-21-3-1-2-4-23(21)15-24)22-9-11-30(12-10-22,17-27-19-32-20-34-27)26-7-8-28-25(16-26)18-31-13-14-33-28/h1-8,13-16,18-20,22,33H,9-12,17H2,(H,32,34). The van der Waals surface area contributed by atoms with E-state index in [4.69, 9.17) is 0 Å². The first-order valence-electron chi connectivity index (χ1n) is 12.3. The predicted octanol–water partition coefficient (Wildman–Crippen LogP) is 6.43. The van der Waals surface area contributed by atoms with Crippen molar-refractivity contribution in [2.24, 2.45) is 10.9 Å². The highest BCUT2D eigenvalue weighted by molar-refractivity contribution is 6.01. The molecule has 1 fully saturated rings. The minimum atomic E-state index is -0.0463. The molecule has 4 aromatic rings. The zero-order valence-corrected chi connectivity index (χ0v) is 19.6. The molecule has 174 valence electrons. The van der Waals surface area contributed by atoms with E-state index in [1.54, 1.807) is 12.5 Å². The van der Waals surface area contributed by atoms with Gasteiger partial charge in [-0.05, 0) is 66.6 Å². The molecular weight excluding hydrogens is 432 g/mol. The Kier molecular flexibility index (Phi) is 5.53. The van der Waals surface area contributed by atoms with E-state index < -0.39 is 0 Å². The molecule has 0 radical (unpaired) electrons. The third kappa shape index (κ3) is 4.18. The van der Waals surface area contributed by atoms with Crippen LogP contribution in [0.2, 0.25) is 0 Å². The summed E-state index contributed by atoms with van der Waals surface area (Å²) in [5, 5.41) is 5.59. The molecule has 6 rings (SSSR count). The summed E-state index contributed by atoms with van der Waals surface area (Å²) in [5.74, 6) is 0.328. The van der Waals surface area contributed by atoms with Crippen LogP contribution in [0.3, 0.4) is 0 Å². The number of aromatic nitrogens is 2. The second kappa shape index (κ2) is 8.99. The molecule has 1 aliphatic heterocycles. The lowest BCUT2D eigenvalue weighted by Gasteiger charge is -2.40. The fourth-order valence-corrected chi connectivity index (χ4v) is 5.75. The summed E-state index contributed by atoms with van der Waals surface area (Å²) < 4.78 is 0. The zero-order chi connectivity index (χ0) is 23.7. The van der Waals surface area contributed by atoms with Gasteiger partial charge in [-0.25, -0.2) is 4.98 Å². The molecule has 2 heterocycles. The number of H-pyrrole nitrogens is 1. The van der Waals surface area contributed by atoms with Gasteiger partial charge < -0.3 is 10.3 Å². The monoisotopic (exact) mass is 460 g/mol. The largest absolute Gasteiger partial charge is 0.360 e. The maximum absolute atomic E-state index is 13.5. The fraction of sp³-hybridized carbons (Fsp3) is 0.233. The van der Waals surface area contributed by atoms with Crippen molar-refractivity contribution in [3.05, 3.63) is 108 Å². The molecular formula is C30H28N4O. The molecule has 0 bridgehead atoms. The van der Waals surface area contributed by atoms with Gasteiger partial charge in [0.1, 0.15) is 0 Å². The molecule has 0 atom stereocenters. The zero-order valence-electron chi connectivity index (χ0n) is 19.6. The number of nitrogens with one attached hydrogen (secondary N) is 2. The van der Waals surface area contributed by atoms with Crippen LogP contribution in [0.15, 0.2) is 90.6 Å². The average molecular weight is 461 g/mol. The van der Waals surface area contributed by atoms with Crippen LogP contribution in [-0.4, -0.2) is 22.0 Å². The quantitative estimate of drug-likeness (QED) is 0.337. The molecule has 1 aliphatic carbocycles. The summed E-state index contributed by atoms with van der Waals surface area (Å²) in [6.45, 7) is 0. The van der Waals surface area contributed by atoms with E-state index in [0.29, 0.717) is 0 Å². The van der Waals surface area contributed by atoms with Gasteiger partial charge in [0.05, 0.1) is 6.33 Å². The van der Waals surface area contributed by atoms with Crippen LogP contribution in [-0.2, 0) is 11.8 Å². The van der Waals surface area contributed by atoms with Crippen LogP contribution in [0.5, 0.6) is 0 Å². The van der Waals surface area contributed by atoms with E-state index in [9.17, 15) is 4.79 Å². The van der Waals surface area contributed by atoms with Gasteiger partial charge in [-0.1, -0.05) is 42.5 Å². The average Bonchev–Trinajstić information content (AvgIpc) is 3.30. The minimum Gasteiger partial charge on any atom is -0.360 e. The van der Waals surface area contributed by atoms with E-state index in [1.165, 1.54) is 10.9 Å². The first-order chi connectivity index (χ1) is 17.2. The highest BCUT2D eigenvalue weighted by atomic mass is 16.1. The van der Waals surface area contributed by atoms with Crippen molar-refractivity contribution in [2.45, 2.75) is 37.5 Å². The van der Waals surface area contributed by atoms with Crippen LogP contribution >= 0.6 is 0 Å². The number of fused-ring (bicyclic) bond motifs is 2. The summed E-state index contributed by atoms with van der Waals surface area (Å²) in [4.78, 5) is 25.4. The number of ketones is 1. The van der Waals surface area contributed by atoms with Crippen LogP contribution in [0.1, 0.15) is 52.9 Å². The van der Waals surface area contributed by atoms with Crippen molar-refractivity contribution in [3.8, 4) is 0 Å². The molecule has 2 aliphatic rings. The van der Waals surface area contributed by atoms with Crippen LogP contribution in [0.4, 0.5) is 5.69 Å². The van der Waals surface area contributed by atoms with E-state index in [2.05, 4.69) is 62.7 Å². The number of anilines is 1. The van der Waals surface area contributed by atoms with E-state index in [1.807, 2.05) is 36.8 Å². The summed E-state index contributed by atoms with van der Waals surface area (Å²) >= 11 is 0.